The molecule has 2 N–H and O–H groups in total. The Labute approximate surface area is 125 Å². The Morgan fingerprint density at radius 3 is 2.81 bits per heavy atom. The third kappa shape index (κ3) is 7.61. The number of aliphatic hydroxyl groups is 1. The van der Waals surface area contributed by atoms with Crippen LogP contribution in [0.5, 0.6) is 0 Å². The van der Waals surface area contributed by atoms with Gasteiger partial charge in [0.25, 0.3) is 0 Å². The summed E-state index contributed by atoms with van der Waals surface area (Å²) in [7, 11) is 0. The van der Waals surface area contributed by atoms with E-state index < -0.39 is 0 Å². The predicted molar refractivity (Wildman–Crippen MR) is 83.1 cm³/mol. The van der Waals surface area contributed by atoms with E-state index in [1.165, 1.54) is 12.1 Å². The maximum Gasteiger partial charge on any atom is 0.223 e. The van der Waals surface area contributed by atoms with E-state index in [1.54, 1.807) is 31.2 Å². The number of aliphatic hydroxyl groups excluding tert-OH is 1. The molecule has 0 aliphatic heterocycles. The summed E-state index contributed by atoms with van der Waals surface area (Å²) < 4.78 is 13.0. The molecule has 0 aromatic heterocycles. The summed E-state index contributed by atoms with van der Waals surface area (Å²) >= 11 is 0. The molecular formula is C17H24FNO2. The van der Waals surface area contributed by atoms with Gasteiger partial charge in [-0.25, -0.2) is 4.39 Å². The Morgan fingerprint density at radius 1 is 1.48 bits per heavy atom. The van der Waals surface area contributed by atoms with Gasteiger partial charge in [0.15, 0.2) is 0 Å². The second-order valence-corrected chi connectivity index (χ2v) is 6.16. The molecule has 0 saturated carbocycles. The molecule has 0 bridgehead atoms. The monoisotopic (exact) mass is 293 g/mol. The minimum atomic E-state index is -0.384. The van der Waals surface area contributed by atoms with Crippen LogP contribution in [0.2, 0.25) is 0 Å². The van der Waals surface area contributed by atoms with E-state index in [9.17, 15) is 14.3 Å². The number of carbonyl (C=O) groups excluding carboxylic acids is 1. The van der Waals surface area contributed by atoms with Crippen LogP contribution >= 0.6 is 0 Å². The minimum Gasteiger partial charge on any atom is -0.393 e. The quantitative estimate of drug-likeness (QED) is 0.811. The molecule has 0 aliphatic rings. The summed E-state index contributed by atoms with van der Waals surface area (Å²) in [6.45, 7) is 6.26. The van der Waals surface area contributed by atoms with Crippen molar-refractivity contribution in [1.82, 2.24) is 5.32 Å². The van der Waals surface area contributed by atoms with Crippen molar-refractivity contribution >= 4 is 12.0 Å². The van der Waals surface area contributed by atoms with Crippen LogP contribution in [-0.4, -0.2) is 23.7 Å². The molecule has 21 heavy (non-hydrogen) atoms. The van der Waals surface area contributed by atoms with Crippen LogP contribution in [0.15, 0.2) is 30.3 Å². The first-order valence-corrected chi connectivity index (χ1v) is 7.15. The van der Waals surface area contributed by atoms with Crippen LogP contribution in [-0.2, 0) is 4.79 Å². The second kappa shape index (κ2) is 7.93. The highest BCUT2D eigenvalue weighted by molar-refractivity contribution is 5.78. The van der Waals surface area contributed by atoms with Gasteiger partial charge in [-0.05, 0) is 36.5 Å². The lowest BCUT2D eigenvalue weighted by molar-refractivity contribution is -0.120. The average Bonchev–Trinajstić information content (AvgIpc) is 2.35. The molecule has 3 nitrogen and oxygen atoms in total. The summed E-state index contributed by atoms with van der Waals surface area (Å²) in [6.07, 6.45) is 3.94. The van der Waals surface area contributed by atoms with Gasteiger partial charge < -0.3 is 10.4 Å². The Morgan fingerprint density at radius 2 is 2.19 bits per heavy atom. The van der Waals surface area contributed by atoms with E-state index in [0.29, 0.717) is 13.0 Å². The van der Waals surface area contributed by atoms with E-state index in [2.05, 4.69) is 5.32 Å². The zero-order chi connectivity index (χ0) is 15.9. The van der Waals surface area contributed by atoms with E-state index in [0.717, 1.165) is 5.56 Å². The van der Waals surface area contributed by atoms with Crippen molar-refractivity contribution in [2.24, 2.45) is 5.41 Å². The van der Waals surface area contributed by atoms with E-state index in [-0.39, 0.29) is 29.7 Å². The van der Waals surface area contributed by atoms with Gasteiger partial charge in [-0.3, -0.25) is 4.79 Å². The highest BCUT2D eigenvalue weighted by atomic mass is 19.1. The zero-order valence-corrected chi connectivity index (χ0v) is 12.9. The Kier molecular flexibility index (Phi) is 6.56. The van der Waals surface area contributed by atoms with Crippen molar-refractivity contribution in [2.75, 3.05) is 6.54 Å². The zero-order valence-electron chi connectivity index (χ0n) is 12.9. The second-order valence-electron chi connectivity index (χ2n) is 6.16. The van der Waals surface area contributed by atoms with Crippen molar-refractivity contribution in [3.05, 3.63) is 41.7 Å². The van der Waals surface area contributed by atoms with Crippen LogP contribution in [0.1, 0.15) is 39.2 Å². The molecule has 1 rings (SSSR count). The van der Waals surface area contributed by atoms with Gasteiger partial charge in [0.2, 0.25) is 5.91 Å². The first-order chi connectivity index (χ1) is 9.78. The molecule has 1 unspecified atom stereocenters. The fraction of sp³-hybridized carbons (Fsp3) is 0.471. The lowest BCUT2D eigenvalue weighted by atomic mass is 9.87. The van der Waals surface area contributed by atoms with Crippen LogP contribution < -0.4 is 5.32 Å². The van der Waals surface area contributed by atoms with Crippen molar-refractivity contribution in [1.29, 1.82) is 0 Å². The largest absolute Gasteiger partial charge is 0.393 e. The Balaban J connectivity index is 2.37. The molecule has 116 valence electrons. The molecule has 4 heteroatoms. The average molecular weight is 293 g/mol. The first-order valence-electron chi connectivity index (χ1n) is 7.15. The normalized spacial score (nSPS) is 13.4. The fourth-order valence-electron chi connectivity index (χ4n) is 2.19. The Bertz CT molecular complexity index is 495. The number of rotatable bonds is 7. The maximum absolute atomic E-state index is 13.0. The lowest BCUT2D eigenvalue weighted by Gasteiger charge is -2.26. The molecule has 1 atom stereocenters. The highest BCUT2D eigenvalue weighted by Crippen LogP contribution is 2.21. The van der Waals surface area contributed by atoms with Crippen LogP contribution in [0, 0.1) is 11.2 Å². The van der Waals surface area contributed by atoms with Crippen molar-refractivity contribution in [3.8, 4) is 0 Å². The van der Waals surface area contributed by atoms with Crippen LogP contribution in [0.3, 0.4) is 0 Å². The molecule has 0 radical (unpaired) electrons. The number of hydrogen-bond donors (Lipinski definition) is 2. The molecule has 0 spiro atoms. The number of hydrogen-bond acceptors (Lipinski definition) is 2. The maximum atomic E-state index is 13.0. The van der Waals surface area contributed by atoms with Gasteiger partial charge in [0.1, 0.15) is 5.82 Å². The first kappa shape index (κ1) is 17.4. The van der Waals surface area contributed by atoms with Gasteiger partial charge in [-0.1, -0.05) is 38.1 Å². The summed E-state index contributed by atoms with van der Waals surface area (Å²) in [4.78, 5) is 11.7. The topological polar surface area (TPSA) is 49.3 Å². The number of benzene rings is 1. The smallest absolute Gasteiger partial charge is 0.223 e. The Hall–Kier alpha value is -1.68. The standard InChI is InChI=1S/C17H24FNO2/c1-13(20)11-17(2,3)12-19-16(21)9-5-7-14-6-4-8-15(18)10-14/h4-8,10,13,20H,9,11-12H2,1-3H3,(H,19,21)/b7-5+. The molecule has 0 fully saturated rings. The third-order valence-electron chi connectivity index (χ3n) is 3.07. The summed E-state index contributed by atoms with van der Waals surface area (Å²) in [5.41, 5.74) is 0.591. The van der Waals surface area contributed by atoms with Crippen molar-refractivity contribution in [2.45, 2.75) is 39.7 Å². The molecule has 1 aromatic carbocycles. The number of nitrogens with one attached hydrogen (secondary N) is 1. The van der Waals surface area contributed by atoms with E-state index >= 15 is 0 Å². The molecule has 0 aliphatic carbocycles. The predicted octanol–water partition coefficient (Wildman–Crippen LogP) is 3.14. The fourth-order valence-corrected chi connectivity index (χ4v) is 2.19. The lowest BCUT2D eigenvalue weighted by Crippen LogP contribution is -2.35. The molecular weight excluding hydrogens is 269 g/mol. The number of halogens is 1. The van der Waals surface area contributed by atoms with Gasteiger partial charge in [-0.15, -0.1) is 0 Å². The molecule has 0 heterocycles. The van der Waals surface area contributed by atoms with Gasteiger partial charge in [0.05, 0.1) is 6.10 Å². The van der Waals surface area contributed by atoms with Crippen molar-refractivity contribution < 1.29 is 14.3 Å². The van der Waals surface area contributed by atoms with Gasteiger partial charge >= 0.3 is 0 Å². The van der Waals surface area contributed by atoms with Gasteiger partial charge in [-0.2, -0.15) is 0 Å². The summed E-state index contributed by atoms with van der Waals surface area (Å²) in [5.74, 6) is -0.372. The van der Waals surface area contributed by atoms with Crippen LogP contribution in [0.4, 0.5) is 4.39 Å². The SMILES string of the molecule is CC(O)CC(C)(C)CNC(=O)C/C=C/c1cccc(F)c1. The van der Waals surface area contributed by atoms with E-state index in [4.69, 9.17) is 0 Å². The molecule has 1 aromatic rings. The minimum absolute atomic E-state index is 0.0821. The summed E-state index contributed by atoms with van der Waals surface area (Å²) in [5, 5.41) is 12.2. The van der Waals surface area contributed by atoms with Crippen LogP contribution in [0.25, 0.3) is 6.08 Å². The number of carbonyl (C=O) groups is 1. The molecule has 1 amide bonds. The summed E-state index contributed by atoms with van der Waals surface area (Å²) in [6, 6.07) is 6.21. The number of amides is 1. The van der Waals surface area contributed by atoms with Crippen molar-refractivity contribution in [3.63, 3.8) is 0 Å². The molecule has 0 saturated heterocycles. The highest BCUT2D eigenvalue weighted by Gasteiger charge is 2.20. The van der Waals surface area contributed by atoms with Gasteiger partial charge in [0, 0.05) is 13.0 Å². The van der Waals surface area contributed by atoms with E-state index in [1.807, 2.05) is 13.8 Å². The third-order valence-corrected chi connectivity index (χ3v) is 3.07.